The third-order valence-corrected chi connectivity index (χ3v) is 8.69. The van der Waals surface area contributed by atoms with Gasteiger partial charge in [0, 0.05) is 30.3 Å². The predicted molar refractivity (Wildman–Crippen MR) is 167 cm³/mol. The molecule has 4 N–H and O–H groups in total. The van der Waals surface area contributed by atoms with Gasteiger partial charge >= 0.3 is 0 Å². The number of nitrogens with zero attached hydrogens (tertiary/aromatic N) is 1. The second kappa shape index (κ2) is 15.4. The average molecular weight is 603 g/mol. The average Bonchev–Trinajstić information content (AvgIpc) is 3.41. The number of hydrogen-bond donors (Lipinski definition) is 4. The van der Waals surface area contributed by atoms with E-state index in [4.69, 9.17) is 0 Å². The van der Waals surface area contributed by atoms with Crippen LogP contribution in [0.3, 0.4) is 0 Å². The maximum absolute atomic E-state index is 13.7. The van der Waals surface area contributed by atoms with Crippen molar-refractivity contribution in [1.29, 1.82) is 0 Å². The highest BCUT2D eigenvalue weighted by atomic mass is 32.2. The van der Waals surface area contributed by atoms with Gasteiger partial charge in [-0.15, -0.1) is 11.8 Å². The van der Waals surface area contributed by atoms with Crippen LogP contribution in [0.2, 0.25) is 0 Å². The standard InChI is InChI=1S/C33H38N4O5S/c1-22-11-9-10-16-26(22)20-35-32(41)29-23(2)43-21-37(29)33(42)30(39)27(19-24-12-5-3-6-13-24)36-28(38)17-18-34-31(40)25-14-7-4-8-15-25/h3-16,23,27,29-30,39H,17-21H2,1-2H3,(H,34,40)(H,35,41)(H,36,38)/t23?,27-,29-,30-/m0/s1. The number of aliphatic hydroxyl groups is 1. The van der Waals surface area contributed by atoms with Gasteiger partial charge in [0.25, 0.3) is 11.8 Å². The van der Waals surface area contributed by atoms with Crippen LogP contribution >= 0.6 is 11.8 Å². The molecule has 0 aromatic heterocycles. The molecule has 0 aliphatic carbocycles. The predicted octanol–water partition coefficient (Wildman–Crippen LogP) is 2.81. The number of thioether (sulfide) groups is 1. The Morgan fingerprint density at radius 2 is 1.58 bits per heavy atom. The van der Waals surface area contributed by atoms with E-state index >= 15 is 0 Å². The van der Waals surface area contributed by atoms with Crippen molar-refractivity contribution in [1.82, 2.24) is 20.9 Å². The summed E-state index contributed by atoms with van der Waals surface area (Å²) in [5.74, 6) is -1.38. The molecule has 4 rings (SSSR count). The molecule has 10 heteroatoms. The third kappa shape index (κ3) is 8.68. The first-order valence-corrected chi connectivity index (χ1v) is 15.4. The van der Waals surface area contributed by atoms with Crippen LogP contribution in [0, 0.1) is 6.92 Å². The Balaban J connectivity index is 1.41. The van der Waals surface area contributed by atoms with Crippen molar-refractivity contribution in [3.05, 3.63) is 107 Å². The Bertz CT molecular complexity index is 1400. The second-order valence-electron chi connectivity index (χ2n) is 10.6. The molecule has 0 spiro atoms. The van der Waals surface area contributed by atoms with Gasteiger partial charge in [-0.3, -0.25) is 19.2 Å². The minimum atomic E-state index is -1.58. The molecule has 1 saturated heterocycles. The zero-order valence-electron chi connectivity index (χ0n) is 24.4. The van der Waals surface area contributed by atoms with Crippen molar-refractivity contribution >= 4 is 35.4 Å². The Hall–Kier alpha value is -4.15. The molecule has 1 aliphatic rings. The summed E-state index contributed by atoms with van der Waals surface area (Å²) in [6.45, 7) is 4.28. The number of amides is 4. The molecule has 1 heterocycles. The van der Waals surface area contributed by atoms with Gasteiger partial charge in [-0.05, 0) is 42.2 Å². The van der Waals surface area contributed by atoms with Crippen LogP contribution in [0.4, 0.5) is 0 Å². The van der Waals surface area contributed by atoms with E-state index in [1.807, 2.05) is 74.5 Å². The Kier molecular flexibility index (Phi) is 11.4. The number of carbonyl (C=O) groups excluding carboxylic acids is 4. The monoisotopic (exact) mass is 602 g/mol. The summed E-state index contributed by atoms with van der Waals surface area (Å²) in [7, 11) is 0. The van der Waals surface area contributed by atoms with E-state index in [0.29, 0.717) is 12.1 Å². The zero-order chi connectivity index (χ0) is 30.8. The number of benzene rings is 3. The van der Waals surface area contributed by atoms with Crippen LogP contribution < -0.4 is 16.0 Å². The molecule has 4 amide bonds. The number of aryl methyl sites for hydroxylation is 1. The van der Waals surface area contributed by atoms with E-state index in [2.05, 4.69) is 16.0 Å². The molecule has 43 heavy (non-hydrogen) atoms. The van der Waals surface area contributed by atoms with Gasteiger partial charge < -0.3 is 26.0 Å². The van der Waals surface area contributed by atoms with E-state index < -0.39 is 30.0 Å². The number of aliphatic hydroxyl groups excluding tert-OH is 1. The van der Waals surface area contributed by atoms with Crippen molar-refractivity contribution in [2.24, 2.45) is 0 Å². The lowest BCUT2D eigenvalue weighted by Crippen LogP contribution is -2.57. The fourth-order valence-corrected chi connectivity index (χ4v) is 6.12. The van der Waals surface area contributed by atoms with Crippen molar-refractivity contribution in [3.8, 4) is 0 Å². The van der Waals surface area contributed by atoms with Crippen molar-refractivity contribution < 1.29 is 24.3 Å². The molecule has 0 saturated carbocycles. The molecule has 1 aliphatic heterocycles. The SMILES string of the molecule is Cc1ccccc1CNC(=O)[C@@H]1C(C)SCN1C(=O)[C@@H](O)[C@H](Cc1ccccc1)NC(=O)CCNC(=O)c1ccccc1. The third-order valence-electron chi connectivity index (χ3n) is 7.48. The van der Waals surface area contributed by atoms with Gasteiger partial charge in [-0.1, -0.05) is 79.7 Å². The van der Waals surface area contributed by atoms with Crippen LogP contribution in [-0.4, -0.2) is 69.5 Å². The molecule has 9 nitrogen and oxygen atoms in total. The minimum Gasteiger partial charge on any atom is -0.381 e. The van der Waals surface area contributed by atoms with Crippen LogP contribution in [0.1, 0.15) is 40.4 Å². The highest BCUT2D eigenvalue weighted by Crippen LogP contribution is 2.30. The van der Waals surface area contributed by atoms with Crippen LogP contribution in [0.15, 0.2) is 84.9 Å². The van der Waals surface area contributed by atoms with E-state index in [1.165, 1.54) is 16.7 Å². The molecular weight excluding hydrogens is 564 g/mol. The lowest BCUT2D eigenvalue weighted by atomic mass is 9.99. The second-order valence-corrected chi connectivity index (χ2v) is 11.9. The minimum absolute atomic E-state index is 0.0364. The van der Waals surface area contributed by atoms with E-state index in [1.54, 1.807) is 24.3 Å². The molecule has 1 unspecified atom stereocenters. The molecular formula is C33H38N4O5S. The quantitative estimate of drug-likeness (QED) is 0.253. The van der Waals surface area contributed by atoms with Crippen LogP contribution in [-0.2, 0) is 27.3 Å². The van der Waals surface area contributed by atoms with Gasteiger partial charge in [-0.25, -0.2) is 0 Å². The van der Waals surface area contributed by atoms with Gasteiger partial charge in [0.05, 0.1) is 11.9 Å². The summed E-state index contributed by atoms with van der Waals surface area (Å²) in [5, 5.41) is 19.6. The Morgan fingerprint density at radius 3 is 2.28 bits per heavy atom. The summed E-state index contributed by atoms with van der Waals surface area (Å²) in [5.41, 5.74) is 3.35. The molecule has 0 radical (unpaired) electrons. The lowest BCUT2D eigenvalue weighted by molar-refractivity contribution is -0.147. The van der Waals surface area contributed by atoms with Crippen LogP contribution in [0.5, 0.6) is 0 Å². The summed E-state index contributed by atoms with van der Waals surface area (Å²) in [4.78, 5) is 53.6. The van der Waals surface area contributed by atoms with Crippen molar-refractivity contribution in [3.63, 3.8) is 0 Å². The number of nitrogens with one attached hydrogen (secondary N) is 3. The largest absolute Gasteiger partial charge is 0.381 e. The fraction of sp³-hybridized carbons (Fsp3) is 0.333. The summed E-state index contributed by atoms with van der Waals surface area (Å²) in [6, 6.07) is 24.0. The molecule has 3 aromatic carbocycles. The summed E-state index contributed by atoms with van der Waals surface area (Å²) in [6.07, 6.45) is -1.41. The van der Waals surface area contributed by atoms with Crippen LogP contribution in [0.25, 0.3) is 0 Å². The van der Waals surface area contributed by atoms with E-state index in [0.717, 1.165) is 16.7 Å². The lowest BCUT2D eigenvalue weighted by Gasteiger charge is -2.30. The van der Waals surface area contributed by atoms with Crippen molar-refractivity contribution in [2.45, 2.75) is 56.7 Å². The van der Waals surface area contributed by atoms with Crippen molar-refractivity contribution in [2.75, 3.05) is 12.4 Å². The fourth-order valence-electron chi connectivity index (χ4n) is 4.99. The van der Waals surface area contributed by atoms with E-state index in [-0.39, 0.29) is 42.3 Å². The van der Waals surface area contributed by atoms with Gasteiger partial charge in [0.1, 0.15) is 6.04 Å². The normalized spacial score (nSPS) is 17.5. The molecule has 1 fully saturated rings. The molecule has 226 valence electrons. The topological polar surface area (TPSA) is 128 Å². The number of carbonyl (C=O) groups is 4. The first-order chi connectivity index (χ1) is 20.7. The maximum Gasteiger partial charge on any atom is 0.254 e. The number of hydrogen-bond acceptors (Lipinski definition) is 6. The Labute approximate surface area is 256 Å². The molecule has 4 atom stereocenters. The zero-order valence-corrected chi connectivity index (χ0v) is 25.2. The van der Waals surface area contributed by atoms with E-state index in [9.17, 15) is 24.3 Å². The first-order valence-electron chi connectivity index (χ1n) is 14.3. The Morgan fingerprint density at radius 1 is 0.930 bits per heavy atom. The first kappa shape index (κ1) is 31.8. The number of rotatable bonds is 12. The van der Waals surface area contributed by atoms with Gasteiger partial charge in [0.2, 0.25) is 11.8 Å². The van der Waals surface area contributed by atoms with Gasteiger partial charge in [0.15, 0.2) is 6.10 Å². The summed E-state index contributed by atoms with van der Waals surface area (Å²) >= 11 is 1.46. The maximum atomic E-state index is 13.7. The summed E-state index contributed by atoms with van der Waals surface area (Å²) < 4.78 is 0. The highest BCUT2D eigenvalue weighted by molar-refractivity contribution is 8.00. The highest BCUT2D eigenvalue weighted by Gasteiger charge is 2.43. The smallest absolute Gasteiger partial charge is 0.254 e. The molecule has 3 aromatic rings. The van der Waals surface area contributed by atoms with Gasteiger partial charge in [-0.2, -0.15) is 0 Å². The molecule has 0 bridgehead atoms.